The molecule has 1 saturated heterocycles. The van der Waals surface area contributed by atoms with Crippen LogP contribution in [-0.4, -0.2) is 79.8 Å². The maximum atomic E-state index is 15.0. The summed E-state index contributed by atoms with van der Waals surface area (Å²) in [6.45, 7) is 17.7. The number of carbonyl (C=O) groups is 5. The smallest absolute Gasteiger partial charge is 0.348 e. The van der Waals surface area contributed by atoms with E-state index in [9.17, 15) is 34.2 Å². The lowest BCUT2D eigenvalue weighted by atomic mass is 9.46. The number of carbonyl (C=O) groups excluding carboxylic acids is 5. The van der Waals surface area contributed by atoms with E-state index in [1.54, 1.807) is 41.5 Å². The van der Waals surface area contributed by atoms with Gasteiger partial charge in [0.1, 0.15) is 22.4 Å². The molecule has 0 aromatic carbocycles. The molecule has 8 bridgehead atoms. The highest BCUT2D eigenvalue weighted by atomic mass is 16.6. The minimum absolute atomic E-state index is 0.0238. The normalized spacial score (nSPS) is 40.8. The third-order valence-corrected chi connectivity index (χ3v) is 14.9. The molecule has 0 aromatic rings. The molecule has 2 N–H and O–H groups in total. The van der Waals surface area contributed by atoms with Crippen molar-refractivity contribution in [2.24, 2.45) is 39.4 Å². The van der Waals surface area contributed by atoms with E-state index in [0.29, 0.717) is 57.8 Å². The Balaban J connectivity index is 1.16. The van der Waals surface area contributed by atoms with E-state index in [1.807, 2.05) is 27.7 Å². The Morgan fingerprint density at radius 1 is 0.684 bits per heavy atom. The van der Waals surface area contributed by atoms with E-state index in [2.05, 4.69) is 0 Å². The van der Waals surface area contributed by atoms with Gasteiger partial charge in [-0.25, -0.2) is 4.79 Å². The highest BCUT2D eigenvalue weighted by Gasteiger charge is 2.69. The molecule has 320 valence electrons. The maximum Gasteiger partial charge on any atom is 0.348 e. The van der Waals surface area contributed by atoms with Crippen LogP contribution in [-0.2, 0) is 47.7 Å². The summed E-state index contributed by atoms with van der Waals surface area (Å²) in [6.07, 6.45) is 5.79. The number of hydrogen-bond donors (Lipinski definition) is 2. The highest BCUT2D eigenvalue weighted by Crippen LogP contribution is 2.65. The quantitative estimate of drug-likeness (QED) is 0.156. The van der Waals surface area contributed by atoms with Crippen molar-refractivity contribution in [3.63, 3.8) is 0 Å². The van der Waals surface area contributed by atoms with Crippen LogP contribution in [0.1, 0.15) is 172 Å². The van der Waals surface area contributed by atoms with Crippen molar-refractivity contribution in [2.45, 2.75) is 212 Å². The fraction of sp³-hybridized carbons (Fsp3) is 0.889. The summed E-state index contributed by atoms with van der Waals surface area (Å²) in [7, 11) is 0. The van der Waals surface area contributed by atoms with Crippen molar-refractivity contribution in [3.8, 4) is 0 Å². The number of ether oxygens (including phenoxy) is 5. The molecule has 9 rings (SSSR count). The summed E-state index contributed by atoms with van der Waals surface area (Å²) in [5.74, 6) is -2.24. The van der Waals surface area contributed by atoms with Crippen molar-refractivity contribution in [2.75, 3.05) is 0 Å². The number of esters is 5. The zero-order valence-corrected chi connectivity index (χ0v) is 36.1. The predicted molar refractivity (Wildman–Crippen MR) is 206 cm³/mol. The van der Waals surface area contributed by atoms with Gasteiger partial charge in [0.05, 0.1) is 32.9 Å². The van der Waals surface area contributed by atoms with Crippen LogP contribution in [0.15, 0.2) is 0 Å². The fourth-order valence-corrected chi connectivity index (χ4v) is 13.7. The van der Waals surface area contributed by atoms with E-state index >= 15 is 0 Å². The number of rotatable bonds is 12. The van der Waals surface area contributed by atoms with E-state index in [4.69, 9.17) is 23.7 Å². The van der Waals surface area contributed by atoms with Crippen molar-refractivity contribution in [3.05, 3.63) is 0 Å². The van der Waals surface area contributed by atoms with Crippen molar-refractivity contribution >= 4 is 29.8 Å². The Morgan fingerprint density at radius 3 is 1.79 bits per heavy atom. The lowest BCUT2D eigenvalue weighted by Gasteiger charge is -2.63. The number of aliphatic hydroxyl groups is 2. The van der Waals surface area contributed by atoms with Crippen LogP contribution in [0.5, 0.6) is 0 Å². The summed E-state index contributed by atoms with van der Waals surface area (Å²) in [5, 5.41) is 23.4. The van der Waals surface area contributed by atoms with Crippen LogP contribution in [0, 0.1) is 39.4 Å². The second-order valence-electron chi connectivity index (χ2n) is 23.3. The summed E-state index contributed by atoms with van der Waals surface area (Å²) >= 11 is 0. The molecule has 9 fully saturated rings. The van der Waals surface area contributed by atoms with Gasteiger partial charge in [-0.2, -0.15) is 0 Å². The number of hydrogen-bond acceptors (Lipinski definition) is 12. The van der Waals surface area contributed by atoms with Crippen LogP contribution in [0.25, 0.3) is 0 Å². The Bertz CT molecular complexity index is 1690. The van der Waals surface area contributed by atoms with Gasteiger partial charge in [0, 0.05) is 25.7 Å². The Hall–Kier alpha value is -2.73. The SMILES string of the molecule is CCC(C)(CC(C)(CC(C)(C)C(=O)OC1CC(C)(C)OC1=O)C(=O)OC12CC3CC(CC(O)(C3)C1)C2)C(=O)OC12CC3CC(O)(C1)CC(C(=O)OC(C)(C)C)(C3)C2. The van der Waals surface area contributed by atoms with Crippen LogP contribution >= 0.6 is 0 Å². The fourth-order valence-electron chi connectivity index (χ4n) is 13.7. The molecule has 0 amide bonds. The van der Waals surface area contributed by atoms with Gasteiger partial charge in [0.2, 0.25) is 6.10 Å². The van der Waals surface area contributed by atoms with Crippen molar-refractivity contribution in [1.29, 1.82) is 0 Å². The summed E-state index contributed by atoms with van der Waals surface area (Å²) in [6, 6.07) is 0. The Labute approximate surface area is 338 Å². The van der Waals surface area contributed by atoms with Crippen molar-refractivity contribution < 1.29 is 57.9 Å². The van der Waals surface area contributed by atoms with E-state index in [0.717, 1.165) is 6.42 Å². The van der Waals surface area contributed by atoms with Crippen LogP contribution in [0.2, 0.25) is 0 Å². The first kappa shape index (κ1) is 42.4. The van der Waals surface area contributed by atoms with Gasteiger partial charge < -0.3 is 33.9 Å². The molecular formula is C45H68O12. The van der Waals surface area contributed by atoms with Gasteiger partial charge in [-0.15, -0.1) is 0 Å². The molecule has 8 aliphatic carbocycles. The van der Waals surface area contributed by atoms with E-state index < -0.39 is 85.2 Å². The lowest BCUT2D eigenvalue weighted by Crippen LogP contribution is -2.67. The standard InChI is InChI=1S/C45H68O12/c1-11-39(9,33(48)57-45-19-29-13-41(24-45,23-43(52,16-29)26-45)35(50)55-36(2,3)4)22-40(10,21-37(5,6)32(47)53-30-20-38(7,8)54-31(30)46)34(49)56-44-17-27-12-28(18-44)15-42(51,14-27)25-44/h27-30,51-52H,11-26H2,1-10H3. The molecule has 0 radical (unpaired) electrons. The molecule has 12 nitrogen and oxygen atoms in total. The van der Waals surface area contributed by atoms with Crippen LogP contribution in [0.4, 0.5) is 0 Å². The molecule has 0 aromatic heterocycles. The lowest BCUT2D eigenvalue weighted by molar-refractivity contribution is -0.254. The largest absolute Gasteiger partial charge is 0.460 e. The summed E-state index contributed by atoms with van der Waals surface area (Å²) in [5.41, 5.74) is -10.4. The molecule has 9 unspecified atom stereocenters. The van der Waals surface area contributed by atoms with Crippen molar-refractivity contribution in [1.82, 2.24) is 0 Å². The number of cyclic esters (lactones) is 1. The van der Waals surface area contributed by atoms with Gasteiger partial charge in [-0.05, 0) is 157 Å². The molecular weight excluding hydrogens is 732 g/mol. The first-order valence-electron chi connectivity index (χ1n) is 21.5. The third kappa shape index (κ3) is 8.00. The van der Waals surface area contributed by atoms with Crippen LogP contribution in [0.3, 0.4) is 0 Å². The monoisotopic (exact) mass is 800 g/mol. The molecule has 12 heteroatoms. The van der Waals surface area contributed by atoms with E-state index in [-0.39, 0.29) is 62.2 Å². The van der Waals surface area contributed by atoms with E-state index in [1.165, 1.54) is 0 Å². The first-order valence-corrected chi connectivity index (χ1v) is 21.5. The van der Waals surface area contributed by atoms with Gasteiger partial charge in [0.25, 0.3) is 0 Å². The zero-order chi connectivity index (χ0) is 42.0. The molecule has 9 aliphatic rings. The highest BCUT2D eigenvalue weighted by molar-refractivity contribution is 5.85. The zero-order valence-electron chi connectivity index (χ0n) is 36.1. The van der Waals surface area contributed by atoms with Gasteiger partial charge in [0.15, 0.2) is 0 Å². The maximum absolute atomic E-state index is 15.0. The molecule has 1 heterocycles. The van der Waals surface area contributed by atoms with Gasteiger partial charge >= 0.3 is 29.8 Å². The summed E-state index contributed by atoms with van der Waals surface area (Å²) in [4.78, 5) is 70.2. The molecule has 0 spiro atoms. The topological polar surface area (TPSA) is 172 Å². The average Bonchev–Trinajstić information content (AvgIpc) is 3.26. The Kier molecular flexibility index (Phi) is 9.77. The minimum Gasteiger partial charge on any atom is -0.460 e. The van der Waals surface area contributed by atoms with Gasteiger partial charge in [-0.3, -0.25) is 19.2 Å². The van der Waals surface area contributed by atoms with Crippen LogP contribution < -0.4 is 0 Å². The van der Waals surface area contributed by atoms with Gasteiger partial charge in [-0.1, -0.05) is 6.92 Å². The molecule has 9 atom stereocenters. The molecule has 8 saturated carbocycles. The third-order valence-electron chi connectivity index (χ3n) is 14.9. The molecule has 1 aliphatic heterocycles. The molecule has 57 heavy (non-hydrogen) atoms. The Morgan fingerprint density at radius 2 is 1.25 bits per heavy atom. The summed E-state index contributed by atoms with van der Waals surface area (Å²) < 4.78 is 30.3. The average molecular weight is 801 g/mol. The minimum atomic E-state index is -1.43. The predicted octanol–water partition coefficient (Wildman–Crippen LogP) is 6.82. The second kappa shape index (κ2) is 13.1. The second-order valence-corrected chi connectivity index (χ2v) is 23.3. The first-order chi connectivity index (χ1) is 26.0.